The topological polar surface area (TPSA) is 3.24 Å². The van der Waals surface area contributed by atoms with Crippen molar-refractivity contribution < 1.29 is 0 Å². The van der Waals surface area contributed by atoms with Crippen LogP contribution in [-0.2, 0) is 6.42 Å². The maximum atomic E-state index is 6.01. The fourth-order valence-electron chi connectivity index (χ4n) is 1.94. The summed E-state index contributed by atoms with van der Waals surface area (Å²) in [5.74, 6) is 0. The van der Waals surface area contributed by atoms with Gasteiger partial charge in [-0.05, 0) is 43.7 Å². The zero-order valence-electron chi connectivity index (χ0n) is 8.35. The number of hydrogen-bond acceptors (Lipinski definition) is 1. The van der Waals surface area contributed by atoms with Crippen LogP contribution in [0.15, 0.2) is 12.1 Å². The van der Waals surface area contributed by atoms with Gasteiger partial charge >= 0.3 is 0 Å². The average Bonchev–Trinajstić information content (AvgIpc) is 2.15. The van der Waals surface area contributed by atoms with Crippen molar-refractivity contribution in [1.29, 1.82) is 0 Å². The first-order valence-corrected chi connectivity index (χ1v) is 5.53. The number of likely N-dealkylation sites (N-methyl/N-ethyl adjacent to an activating group) is 1. The van der Waals surface area contributed by atoms with Gasteiger partial charge in [0.1, 0.15) is 0 Å². The minimum Gasteiger partial charge on any atom is -0.299 e. The average molecular weight is 230 g/mol. The Balaban J connectivity index is 2.50. The molecule has 1 aliphatic heterocycles. The highest BCUT2D eigenvalue weighted by Gasteiger charge is 2.21. The van der Waals surface area contributed by atoms with Crippen molar-refractivity contribution in [2.24, 2.45) is 0 Å². The van der Waals surface area contributed by atoms with E-state index in [2.05, 4.69) is 18.9 Å². The zero-order chi connectivity index (χ0) is 10.3. The molecule has 0 saturated carbocycles. The van der Waals surface area contributed by atoms with Crippen molar-refractivity contribution in [2.75, 3.05) is 13.6 Å². The van der Waals surface area contributed by atoms with Crippen molar-refractivity contribution in [1.82, 2.24) is 4.90 Å². The lowest BCUT2D eigenvalue weighted by Gasteiger charge is -2.32. The molecule has 1 aliphatic rings. The highest BCUT2D eigenvalue weighted by atomic mass is 35.5. The minimum absolute atomic E-state index is 0.438. The summed E-state index contributed by atoms with van der Waals surface area (Å²) in [6.07, 6.45) is 1.06. The number of nitrogens with zero attached hydrogens (tertiary/aromatic N) is 1. The molecular weight excluding hydrogens is 217 g/mol. The van der Waals surface area contributed by atoms with E-state index in [0.29, 0.717) is 16.1 Å². The van der Waals surface area contributed by atoms with Gasteiger partial charge in [0.25, 0.3) is 0 Å². The fourth-order valence-corrected chi connectivity index (χ4v) is 2.30. The van der Waals surface area contributed by atoms with Crippen LogP contribution in [0.4, 0.5) is 0 Å². The summed E-state index contributed by atoms with van der Waals surface area (Å²) in [4.78, 5) is 2.33. The molecule has 0 radical (unpaired) electrons. The van der Waals surface area contributed by atoms with Crippen molar-refractivity contribution in [2.45, 2.75) is 19.4 Å². The third-order valence-corrected chi connectivity index (χ3v) is 3.75. The molecule has 76 valence electrons. The van der Waals surface area contributed by atoms with Gasteiger partial charge in [-0.25, -0.2) is 0 Å². The van der Waals surface area contributed by atoms with Crippen LogP contribution in [0.1, 0.15) is 24.1 Å². The van der Waals surface area contributed by atoms with Gasteiger partial charge < -0.3 is 0 Å². The van der Waals surface area contributed by atoms with E-state index in [9.17, 15) is 0 Å². The summed E-state index contributed by atoms with van der Waals surface area (Å²) in [5.41, 5.74) is 2.65. The first-order valence-electron chi connectivity index (χ1n) is 4.77. The molecule has 1 nitrogen and oxygen atoms in total. The Morgan fingerprint density at radius 2 is 1.93 bits per heavy atom. The molecule has 0 fully saturated rings. The molecule has 0 aliphatic carbocycles. The van der Waals surface area contributed by atoms with Crippen LogP contribution in [0.25, 0.3) is 0 Å². The lowest BCUT2D eigenvalue weighted by atomic mass is 9.94. The van der Waals surface area contributed by atoms with Gasteiger partial charge in [0.15, 0.2) is 0 Å². The van der Waals surface area contributed by atoms with Gasteiger partial charge in [-0.1, -0.05) is 23.2 Å². The maximum Gasteiger partial charge on any atom is 0.0595 e. The predicted octanol–water partition coefficient (Wildman–Crippen LogP) is 3.54. The van der Waals surface area contributed by atoms with E-state index in [0.717, 1.165) is 13.0 Å². The molecule has 14 heavy (non-hydrogen) atoms. The first-order chi connectivity index (χ1) is 6.59. The van der Waals surface area contributed by atoms with Crippen LogP contribution in [0.3, 0.4) is 0 Å². The molecule has 0 N–H and O–H groups in total. The van der Waals surface area contributed by atoms with Crippen LogP contribution < -0.4 is 0 Å². The van der Waals surface area contributed by atoms with E-state index in [4.69, 9.17) is 23.2 Å². The van der Waals surface area contributed by atoms with Gasteiger partial charge in [0.05, 0.1) is 10.0 Å². The fraction of sp³-hybridized carbons (Fsp3) is 0.455. The lowest BCUT2D eigenvalue weighted by Crippen LogP contribution is -2.30. The van der Waals surface area contributed by atoms with Crippen molar-refractivity contribution in [3.05, 3.63) is 33.3 Å². The van der Waals surface area contributed by atoms with E-state index in [1.807, 2.05) is 12.1 Å². The molecule has 2 rings (SSSR count). The van der Waals surface area contributed by atoms with Gasteiger partial charge in [-0.15, -0.1) is 0 Å². The zero-order valence-corrected chi connectivity index (χ0v) is 9.86. The lowest BCUT2D eigenvalue weighted by molar-refractivity contribution is 0.247. The normalized spacial score (nSPS) is 22.1. The van der Waals surface area contributed by atoms with Crippen LogP contribution in [-0.4, -0.2) is 18.5 Å². The van der Waals surface area contributed by atoms with E-state index in [1.54, 1.807) is 0 Å². The van der Waals surface area contributed by atoms with Crippen LogP contribution in [0, 0.1) is 0 Å². The molecule has 0 bridgehead atoms. The smallest absolute Gasteiger partial charge is 0.0595 e. The highest BCUT2D eigenvalue weighted by molar-refractivity contribution is 6.42. The summed E-state index contributed by atoms with van der Waals surface area (Å²) >= 11 is 12.0. The highest BCUT2D eigenvalue weighted by Crippen LogP contribution is 2.34. The first kappa shape index (κ1) is 10.3. The second-order valence-electron chi connectivity index (χ2n) is 3.87. The quantitative estimate of drug-likeness (QED) is 0.658. The van der Waals surface area contributed by atoms with Gasteiger partial charge in [0, 0.05) is 12.6 Å². The molecule has 0 aromatic heterocycles. The Labute approximate surface area is 94.6 Å². The van der Waals surface area contributed by atoms with Crippen LogP contribution in [0.2, 0.25) is 10.0 Å². The molecule has 1 unspecified atom stereocenters. The van der Waals surface area contributed by atoms with Crippen molar-refractivity contribution >= 4 is 23.2 Å². The van der Waals surface area contributed by atoms with Crippen LogP contribution >= 0.6 is 23.2 Å². The Kier molecular flexibility index (Phi) is 2.74. The van der Waals surface area contributed by atoms with E-state index < -0.39 is 0 Å². The number of hydrogen-bond donors (Lipinski definition) is 0. The van der Waals surface area contributed by atoms with E-state index >= 15 is 0 Å². The molecule has 3 heteroatoms. The molecule has 0 saturated heterocycles. The second kappa shape index (κ2) is 3.73. The molecule has 0 spiro atoms. The summed E-state index contributed by atoms with van der Waals surface area (Å²) in [6, 6.07) is 4.44. The van der Waals surface area contributed by atoms with E-state index in [1.165, 1.54) is 11.1 Å². The Hall–Kier alpha value is -0.240. The number of halogens is 2. The molecule has 0 amide bonds. The van der Waals surface area contributed by atoms with Crippen LogP contribution in [0.5, 0.6) is 0 Å². The molecular formula is C11H13Cl2N. The van der Waals surface area contributed by atoms with Gasteiger partial charge in [-0.2, -0.15) is 0 Å². The third kappa shape index (κ3) is 1.65. The van der Waals surface area contributed by atoms with E-state index in [-0.39, 0.29) is 0 Å². The van der Waals surface area contributed by atoms with Gasteiger partial charge in [0.2, 0.25) is 0 Å². The largest absolute Gasteiger partial charge is 0.299 e. The second-order valence-corrected chi connectivity index (χ2v) is 4.69. The number of benzene rings is 1. The Morgan fingerprint density at radius 1 is 1.29 bits per heavy atom. The minimum atomic E-state index is 0.438. The molecule has 1 heterocycles. The number of fused-ring (bicyclic) bond motifs is 1. The summed E-state index contributed by atoms with van der Waals surface area (Å²) in [5, 5.41) is 1.33. The van der Waals surface area contributed by atoms with Crippen molar-refractivity contribution in [3.8, 4) is 0 Å². The predicted molar refractivity (Wildman–Crippen MR) is 61.2 cm³/mol. The summed E-state index contributed by atoms with van der Waals surface area (Å²) in [7, 11) is 2.14. The molecule has 1 aromatic carbocycles. The molecule has 1 atom stereocenters. The SMILES string of the molecule is CC1c2cc(Cl)c(Cl)cc2CCN1C. The van der Waals surface area contributed by atoms with Crippen molar-refractivity contribution in [3.63, 3.8) is 0 Å². The Bertz CT molecular complexity index is 363. The standard InChI is InChI=1S/C11H13Cl2N/c1-7-9-6-11(13)10(12)5-8(9)3-4-14(7)2/h5-7H,3-4H2,1-2H3. The third-order valence-electron chi connectivity index (χ3n) is 3.03. The monoisotopic (exact) mass is 229 g/mol. The van der Waals surface area contributed by atoms with Gasteiger partial charge in [-0.3, -0.25) is 4.90 Å². The summed E-state index contributed by atoms with van der Waals surface area (Å²) in [6.45, 7) is 3.29. The number of rotatable bonds is 0. The molecule has 1 aromatic rings. The maximum absolute atomic E-state index is 6.01. The summed E-state index contributed by atoms with van der Waals surface area (Å²) < 4.78 is 0. The Morgan fingerprint density at radius 3 is 2.64 bits per heavy atom.